The molecule has 0 unspecified atom stereocenters. The molecule has 0 atom stereocenters. The van der Waals surface area contributed by atoms with Crippen molar-refractivity contribution >= 4 is 6.41 Å². The molecule has 0 aliphatic heterocycles. The monoisotopic (exact) mass is 297 g/mol. The van der Waals surface area contributed by atoms with Gasteiger partial charge in [-0.1, -0.05) is 90.4 Å². The van der Waals surface area contributed by atoms with Crippen LogP contribution in [0.25, 0.3) is 0 Å². The maximum atomic E-state index is 10.6. The molecule has 2 nitrogen and oxygen atoms in total. The molecule has 1 amide bonds. The Morgan fingerprint density at radius 1 is 0.619 bits per heavy atom. The molecule has 0 aromatic rings. The third kappa shape index (κ3) is 15.7. The zero-order valence-corrected chi connectivity index (χ0v) is 14.7. The third-order valence-electron chi connectivity index (χ3n) is 4.35. The average molecular weight is 298 g/mol. The first-order valence-corrected chi connectivity index (χ1v) is 9.54. The van der Waals surface area contributed by atoms with Gasteiger partial charge in [0.05, 0.1) is 0 Å². The highest BCUT2D eigenvalue weighted by atomic mass is 16.1. The maximum Gasteiger partial charge on any atom is 0.209 e. The summed E-state index contributed by atoms with van der Waals surface area (Å²) in [6, 6.07) is 0. The molecule has 0 aliphatic carbocycles. The second kappa shape index (κ2) is 17.5. The molecule has 0 bridgehead atoms. The molecule has 0 aromatic heterocycles. The van der Waals surface area contributed by atoms with Crippen molar-refractivity contribution < 1.29 is 4.79 Å². The van der Waals surface area contributed by atoms with E-state index in [9.17, 15) is 4.79 Å². The summed E-state index contributed by atoms with van der Waals surface area (Å²) in [5.74, 6) is 0. The lowest BCUT2D eigenvalue weighted by atomic mass is 10.0. The molecule has 0 rings (SSSR count). The van der Waals surface area contributed by atoms with Gasteiger partial charge in [0.15, 0.2) is 0 Å². The lowest BCUT2D eigenvalue weighted by Crippen LogP contribution is -2.22. The first kappa shape index (κ1) is 20.5. The van der Waals surface area contributed by atoms with Crippen LogP contribution in [0.5, 0.6) is 0 Å². The Labute approximate surface area is 133 Å². The molecule has 0 spiro atoms. The van der Waals surface area contributed by atoms with Crippen LogP contribution in [0.1, 0.15) is 104 Å². The Morgan fingerprint density at radius 3 is 1.33 bits per heavy atom. The van der Waals surface area contributed by atoms with Gasteiger partial charge in [0, 0.05) is 13.1 Å². The van der Waals surface area contributed by atoms with E-state index >= 15 is 0 Å². The van der Waals surface area contributed by atoms with E-state index in [0.29, 0.717) is 0 Å². The normalized spacial score (nSPS) is 10.8. The number of carbonyl (C=O) groups is 1. The minimum atomic E-state index is 0.849. The predicted molar refractivity (Wildman–Crippen MR) is 93.6 cm³/mol. The van der Waals surface area contributed by atoms with Gasteiger partial charge in [-0.25, -0.2) is 0 Å². The second-order valence-electron chi connectivity index (χ2n) is 6.33. The fraction of sp³-hybridized carbons (Fsp3) is 0.947. The molecular formula is C19H39NO. The summed E-state index contributed by atoms with van der Waals surface area (Å²) in [5.41, 5.74) is 0. The highest BCUT2D eigenvalue weighted by molar-refractivity contribution is 5.46. The minimum absolute atomic E-state index is 0.849. The van der Waals surface area contributed by atoms with E-state index in [2.05, 4.69) is 6.92 Å². The van der Waals surface area contributed by atoms with E-state index in [4.69, 9.17) is 0 Å². The maximum absolute atomic E-state index is 10.6. The van der Waals surface area contributed by atoms with Gasteiger partial charge in [-0.2, -0.15) is 0 Å². The fourth-order valence-corrected chi connectivity index (χ4v) is 2.79. The van der Waals surface area contributed by atoms with E-state index in [0.717, 1.165) is 19.5 Å². The topological polar surface area (TPSA) is 20.3 Å². The van der Waals surface area contributed by atoms with E-state index in [1.807, 2.05) is 11.8 Å². The Bertz CT molecular complexity index is 206. The number of nitrogens with zero attached hydrogens (tertiary/aromatic N) is 1. The molecule has 126 valence electrons. The van der Waals surface area contributed by atoms with Gasteiger partial charge in [-0.15, -0.1) is 0 Å². The van der Waals surface area contributed by atoms with Crippen LogP contribution in [0.3, 0.4) is 0 Å². The molecule has 0 fully saturated rings. The molecule has 0 aliphatic rings. The minimum Gasteiger partial charge on any atom is -0.346 e. The summed E-state index contributed by atoms with van der Waals surface area (Å²) in [5, 5.41) is 0. The van der Waals surface area contributed by atoms with Gasteiger partial charge in [0.2, 0.25) is 6.41 Å². The second-order valence-corrected chi connectivity index (χ2v) is 6.33. The van der Waals surface area contributed by atoms with Crippen LogP contribution in [0.2, 0.25) is 0 Å². The van der Waals surface area contributed by atoms with Crippen molar-refractivity contribution in [2.75, 3.05) is 13.1 Å². The van der Waals surface area contributed by atoms with Crippen LogP contribution in [0.15, 0.2) is 0 Å². The van der Waals surface area contributed by atoms with Crippen LogP contribution >= 0.6 is 0 Å². The van der Waals surface area contributed by atoms with Crippen LogP contribution in [-0.2, 0) is 4.79 Å². The quantitative estimate of drug-likeness (QED) is 0.240. The summed E-state index contributed by atoms with van der Waals surface area (Å²) < 4.78 is 0. The number of unbranched alkanes of at least 4 members (excludes halogenated alkanes) is 13. The average Bonchev–Trinajstić information content (AvgIpc) is 2.51. The zero-order valence-electron chi connectivity index (χ0n) is 14.7. The predicted octanol–water partition coefficient (Wildman–Crippen LogP) is 5.95. The van der Waals surface area contributed by atoms with Gasteiger partial charge in [0.1, 0.15) is 0 Å². The zero-order chi connectivity index (χ0) is 15.6. The molecular weight excluding hydrogens is 258 g/mol. The summed E-state index contributed by atoms with van der Waals surface area (Å²) in [6.07, 6.45) is 20.4. The number of hydrogen-bond acceptors (Lipinski definition) is 1. The number of hydrogen-bond donors (Lipinski definition) is 0. The lowest BCUT2D eigenvalue weighted by molar-refractivity contribution is -0.118. The van der Waals surface area contributed by atoms with Crippen molar-refractivity contribution in [3.63, 3.8) is 0 Å². The molecule has 0 saturated carbocycles. The number of rotatable bonds is 17. The van der Waals surface area contributed by atoms with Crippen molar-refractivity contribution in [2.24, 2.45) is 0 Å². The van der Waals surface area contributed by atoms with E-state index in [1.54, 1.807) is 0 Å². The van der Waals surface area contributed by atoms with E-state index < -0.39 is 0 Å². The highest BCUT2D eigenvalue weighted by Crippen LogP contribution is 2.12. The van der Waals surface area contributed by atoms with Gasteiger partial charge in [-0.3, -0.25) is 4.79 Å². The van der Waals surface area contributed by atoms with Crippen molar-refractivity contribution in [1.29, 1.82) is 0 Å². The first-order valence-electron chi connectivity index (χ1n) is 9.54. The van der Waals surface area contributed by atoms with Crippen molar-refractivity contribution in [3.05, 3.63) is 0 Å². The van der Waals surface area contributed by atoms with Gasteiger partial charge in [-0.05, 0) is 13.3 Å². The molecule has 0 N–H and O–H groups in total. The smallest absolute Gasteiger partial charge is 0.209 e. The Hall–Kier alpha value is -0.530. The number of amides is 1. The van der Waals surface area contributed by atoms with Crippen LogP contribution in [0, 0.1) is 0 Å². The van der Waals surface area contributed by atoms with E-state index in [-0.39, 0.29) is 0 Å². The summed E-state index contributed by atoms with van der Waals surface area (Å²) in [7, 11) is 0. The highest BCUT2D eigenvalue weighted by Gasteiger charge is 1.97. The fourth-order valence-electron chi connectivity index (χ4n) is 2.79. The molecule has 21 heavy (non-hydrogen) atoms. The largest absolute Gasteiger partial charge is 0.346 e. The molecule has 0 heterocycles. The SMILES string of the molecule is CCCCCCCCCCCCCCCCN(C=O)CC. The Balaban J connectivity index is 3.04. The van der Waals surface area contributed by atoms with Crippen molar-refractivity contribution in [1.82, 2.24) is 4.90 Å². The van der Waals surface area contributed by atoms with E-state index in [1.165, 1.54) is 89.9 Å². The Kier molecular flexibility index (Phi) is 17.1. The Morgan fingerprint density at radius 2 is 1.00 bits per heavy atom. The van der Waals surface area contributed by atoms with Crippen LogP contribution in [0.4, 0.5) is 0 Å². The molecule has 0 aromatic carbocycles. The standard InChI is InChI=1S/C19H39NO/c1-3-5-6-7-8-9-10-11-12-13-14-15-16-17-18-20(4-2)19-21/h19H,3-18H2,1-2H3. The van der Waals surface area contributed by atoms with Gasteiger partial charge in [0.25, 0.3) is 0 Å². The summed E-state index contributed by atoms with van der Waals surface area (Å²) in [6.45, 7) is 6.11. The third-order valence-corrected chi connectivity index (χ3v) is 4.35. The molecule has 0 saturated heterocycles. The number of carbonyl (C=O) groups excluding carboxylic acids is 1. The first-order chi connectivity index (χ1) is 10.3. The van der Waals surface area contributed by atoms with Crippen molar-refractivity contribution in [2.45, 2.75) is 104 Å². The van der Waals surface area contributed by atoms with Gasteiger partial charge >= 0.3 is 0 Å². The molecule has 0 radical (unpaired) electrons. The van der Waals surface area contributed by atoms with Gasteiger partial charge < -0.3 is 4.90 Å². The molecule has 2 heteroatoms. The van der Waals surface area contributed by atoms with Crippen LogP contribution < -0.4 is 0 Å². The van der Waals surface area contributed by atoms with Crippen LogP contribution in [-0.4, -0.2) is 24.4 Å². The lowest BCUT2D eigenvalue weighted by Gasteiger charge is -2.13. The van der Waals surface area contributed by atoms with Crippen molar-refractivity contribution in [3.8, 4) is 0 Å². The summed E-state index contributed by atoms with van der Waals surface area (Å²) >= 11 is 0. The summed E-state index contributed by atoms with van der Waals surface area (Å²) in [4.78, 5) is 12.5.